The lowest BCUT2D eigenvalue weighted by molar-refractivity contribution is -0.121. The highest BCUT2D eigenvalue weighted by molar-refractivity contribution is 5.95. The van der Waals surface area contributed by atoms with Crippen LogP contribution < -0.4 is 24.8 Å². The van der Waals surface area contributed by atoms with E-state index in [4.69, 9.17) is 14.2 Å². The zero-order valence-electron chi connectivity index (χ0n) is 18.8. The number of rotatable bonds is 7. The van der Waals surface area contributed by atoms with E-state index >= 15 is 0 Å². The molecular formula is C21H34N4O5. The average molecular weight is 423 g/mol. The van der Waals surface area contributed by atoms with Crippen LogP contribution in [0.3, 0.4) is 0 Å². The monoisotopic (exact) mass is 422 g/mol. The number of nitrogens with zero attached hydrogens (tertiary/aromatic N) is 2. The molecule has 1 fully saturated rings. The van der Waals surface area contributed by atoms with Gasteiger partial charge in [-0.05, 0) is 26.8 Å². The highest BCUT2D eigenvalue weighted by atomic mass is 16.5. The van der Waals surface area contributed by atoms with Crippen molar-refractivity contribution in [3.8, 4) is 17.2 Å². The van der Waals surface area contributed by atoms with E-state index in [-0.39, 0.29) is 18.0 Å². The van der Waals surface area contributed by atoms with Crippen molar-refractivity contribution >= 4 is 11.9 Å². The van der Waals surface area contributed by atoms with Gasteiger partial charge in [0, 0.05) is 43.8 Å². The Hall–Kier alpha value is -2.52. The zero-order chi connectivity index (χ0) is 22.3. The van der Waals surface area contributed by atoms with Crippen LogP contribution >= 0.6 is 0 Å². The lowest BCUT2D eigenvalue weighted by Crippen LogP contribution is -2.52. The summed E-state index contributed by atoms with van der Waals surface area (Å²) in [5, 5.41) is 5.11. The third-order valence-electron chi connectivity index (χ3n) is 4.75. The van der Waals surface area contributed by atoms with E-state index in [1.165, 1.54) is 0 Å². The van der Waals surface area contributed by atoms with Crippen molar-refractivity contribution < 1.29 is 23.8 Å². The second-order valence-electron chi connectivity index (χ2n) is 8.30. The standard InChI is InChI=1S/C21H34N4O5/c1-21(2,3)23-20(27)22-17(26)14-25-11-9-24(10-12-25)13-15-7-8-16(28-4)19(30-6)18(15)29-5/h7-8H,9-14H2,1-6H3,(H2,22,23,26,27). The van der Waals surface area contributed by atoms with Crippen LogP contribution in [0.25, 0.3) is 0 Å². The van der Waals surface area contributed by atoms with Crippen LogP contribution in [0, 0.1) is 0 Å². The van der Waals surface area contributed by atoms with Crippen LogP contribution in [0.2, 0.25) is 0 Å². The fourth-order valence-electron chi connectivity index (χ4n) is 3.38. The number of nitrogens with one attached hydrogen (secondary N) is 2. The van der Waals surface area contributed by atoms with E-state index in [2.05, 4.69) is 15.5 Å². The van der Waals surface area contributed by atoms with Crippen molar-refractivity contribution in [2.75, 3.05) is 54.1 Å². The molecular weight excluding hydrogens is 388 g/mol. The summed E-state index contributed by atoms with van der Waals surface area (Å²) < 4.78 is 16.4. The lowest BCUT2D eigenvalue weighted by Gasteiger charge is -2.34. The molecule has 1 saturated heterocycles. The fourth-order valence-corrected chi connectivity index (χ4v) is 3.38. The maximum atomic E-state index is 12.1. The number of benzene rings is 1. The summed E-state index contributed by atoms with van der Waals surface area (Å²) in [6.45, 7) is 9.59. The van der Waals surface area contributed by atoms with E-state index in [0.29, 0.717) is 23.8 Å². The summed E-state index contributed by atoms with van der Waals surface area (Å²) in [6.07, 6.45) is 0. The molecule has 2 N–H and O–H groups in total. The first-order chi connectivity index (χ1) is 14.2. The molecule has 9 nitrogen and oxygen atoms in total. The first-order valence-corrected chi connectivity index (χ1v) is 10.0. The molecule has 0 spiro atoms. The van der Waals surface area contributed by atoms with E-state index in [0.717, 1.165) is 31.7 Å². The number of imide groups is 1. The van der Waals surface area contributed by atoms with E-state index in [1.807, 2.05) is 37.8 Å². The molecule has 0 bridgehead atoms. The molecule has 3 amide bonds. The number of urea groups is 1. The maximum Gasteiger partial charge on any atom is 0.321 e. The smallest absolute Gasteiger partial charge is 0.321 e. The van der Waals surface area contributed by atoms with E-state index < -0.39 is 6.03 Å². The summed E-state index contributed by atoms with van der Waals surface area (Å²) in [6, 6.07) is 3.39. The molecule has 1 aromatic carbocycles. The molecule has 9 heteroatoms. The van der Waals surface area contributed by atoms with Crippen LogP contribution in [-0.2, 0) is 11.3 Å². The van der Waals surface area contributed by atoms with Gasteiger partial charge in [-0.3, -0.25) is 19.9 Å². The van der Waals surface area contributed by atoms with E-state index in [9.17, 15) is 9.59 Å². The van der Waals surface area contributed by atoms with Crippen LogP contribution in [0.15, 0.2) is 12.1 Å². The van der Waals surface area contributed by atoms with Gasteiger partial charge < -0.3 is 19.5 Å². The Morgan fingerprint density at radius 3 is 2.07 bits per heavy atom. The molecule has 0 aromatic heterocycles. The number of methoxy groups -OCH3 is 3. The Balaban J connectivity index is 1.86. The van der Waals surface area contributed by atoms with Gasteiger partial charge in [0.15, 0.2) is 11.5 Å². The lowest BCUT2D eigenvalue weighted by atomic mass is 10.1. The molecule has 1 aromatic rings. The van der Waals surface area contributed by atoms with Gasteiger partial charge in [0.2, 0.25) is 11.7 Å². The summed E-state index contributed by atoms with van der Waals surface area (Å²) in [7, 11) is 4.81. The van der Waals surface area contributed by atoms with Crippen molar-refractivity contribution in [3.63, 3.8) is 0 Å². The highest BCUT2D eigenvalue weighted by Gasteiger charge is 2.23. The molecule has 1 heterocycles. The molecule has 0 atom stereocenters. The molecule has 0 saturated carbocycles. The number of carbonyl (C=O) groups is 2. The normalized spacial score (nSPS) is 15.4. The van der Waals surface area contributed by atoms with Gasteiger partial charge >= 0.3 is 6.03 Å². The largest absolute Gasteiger partial charge is 0.493 e. The van der Waals surface area contributed by atoms with Gasteiger partial charge in [-0.25, -0.2) is 4.79 Å². The van der Waals surface area contributed by atoms with Gasteiger partial charge in [0.1, 0.15) is 0 Å². The third-order valence-corrected chi connectivity index (χ3v) is 4.75. The summed E-state index contributed by atoms with van der Waals surface area (Å²) in [4.78, 5) is 28.3. The number of amides is 3. The van der Waals surface area contributed by atoms with Crippen molar-refractivity contribution in [3.05, 3.63) is 17.7 Å². The molecule has 1 aliphatic heterocycles. The van der Waals surface area contributed by atoms with Gasteiger partial charge in [-0.15, -0.1) is 0 Å². The Bertz CT molecular complexity index is 740. The number of hydrogen-bond acceptors (Lipinski definition) is 7. The second-order valence-corrected chi connectivity index (χ2v) is 8.30. The van der Waals surface area contributed by atoms with E-state index in [1.54, 1.807) is 21.3 Å². The van der Waals surface area contributed by atoms with Gasteiger partial charge in [-0.2, -0.15) is 0 Å². The summed E-state index contributed by atoms with van der Waals surface area (Å²) in [5.74, 6) is 1.58. The quantitative estimate of drug-likeness (QED) is 0.687. The minimum Gasteiger partial charge on any atom is -0.493 e. The summed E-state index contributed by atoms with van der Waals surface area (Å²) >= 11 is 0. The average Bonchev–Trinajstić information content (AvgIpc) is 2.67. The maximum absolute atomic E-state index is 12.1. The SMILES string of the molecule is COc1ccc(CN2CCN(CC(=O)NC(=O)NC(C)(C)C)CC2)c(OC)c1OC. The van der Waals surface area contributed by atoms with Gasteiger partial charge in [0.25, 0.3) is 0 Å². The Morgan fingerprint density at radius 1 is 0.933 bits per heavy atom. The number of hydrogen-bond donors (Lipinski definition) is 2. The first kappa shape index (κ1) is 23.8. The first-order valence-electron chi connectivity index (χ1n) is 10.0. The van der Waals surface area contributed by atoms with Gasteiger partial charge in [-0.1, -0.05) is 6.07 Å². The predicted octanol–water partition coefficient (Wildman–Crippen LogP) is 1.45. The minimum absolute atomic E-state index is 0.199. The van der Waals surface area contributed by atoms with Crippen molar-refractivity contribution in [2.45, 2.75) is 32.9 Å². The van der Waals surface area contributed by atoms with Crippen molar-refractivity contribution in [1.82, 2.24) is 20.4 Å². The Morgan fingerprint density at radius 2 is 1.53 bits per heavy atom. The number of ether oxygens (including phenoxy) is 3. The number of piperazine rings is 1. The van der Waals surface area contributed by atoms with Crippen molar-refractivity contribution in [2.24, 2.45) is 0 Å². The molecule has 0 unspecified atom stereocenters. The Kier molecular flexibility index (Phi) is 8.31. The van der Waals surface area contributed by atoms with Crippen LogP contribution in [0.5, 0.6) is 17.2 Å². The Labute approximate surface area is 178 Å². The second kappa shape index (κ2) is 10.5. The minimum atomic E-state index is -0.466. The predicted molar refractivity (Wildman–Crippen MR) is 114 cm³/mol. The van der Waals surface area contributed by atoms with Gasteiger partial charge in [0.05, 0.1) is 27.9 Å². The highest BCUT2D eigenvalue weighted by Crippen LogP contribution is 2.40. The summed E-state index contributed by atoms with van der Waals surface area (Å²) in [5.41, 5.74) is 0.626. The van der Waals surface area contributed by atoms with Crippen LogP contribution in [0.1, 0.15) is 26.3 Å². The van der Waals surface area contributed by atoms with Crippen LogP contribution in [-0.4, -0.2) is 81.3 Å². The third kappa shape index (κ3) is 6.77. The molecule has 2 rings (SSSR count). The molecule has 168 valence electrons. The number of carbonyl (C=O) groups excluding carboxylic acids is 2. The molecule has 1 aliphatic rings. The zero-order valence-corrected chi connectivity index (χ0v) is 18.8. The topological polar surface area (TPSA) is 92.4 Å². The fraction of sp³-hybridized carbons (Fsp3) is 0.619. The van der Waals surface area contributed by atoms with Crippen LogP contribution in [0.4, 0.5) is 4.79 Å². The molecule has 30 heavy (non-hydrogen) atoms. The van der Waals surface area contributed by atoms with Crippen molar-refractivity contribution in [1.29, 1.82) is 0 Å². The molecule has 0 radical (unpaired) electrons. The molecule has 0 aliphatic carbocycles.